The lowest BCUT2D eigenvalue weighted by Gasteiger charge is -2.18. The molecular formula is C8H11NO3S. The molecule has 0 aromatic carbocycles. The number of rotatable bonds is 4. The predicted octanol–water partition coefficient (Wildman–Crippen LogP) is 0.346. The first kappa shape index (κ1) is 11.8. The van der Waals surface area contributed by atoms with E-state index in [0.29, 0.717) is 0 Å². The van der Waals surface area contributed by atoms with Crippen LogP contribution < -0.4 is 5.14 Å². The molecule has 0 aromatic rings. The average molecular weight is 201 g/mol. The third-order valence-electron chi connectivity index (χ3n) is 1.63. The van der Waals surface area contributed by atoms with Crippen molar-refractivity contribution < 1.29 is 13.2 Å². The molecule has 0 aliphatic carbocycles. The van der Waals surface area contributed by atoms with Crippen molar-refractivity contribution in [3.63, 3.8) is 0 Å². The van der Waals surface area contributed by atoms with Crippen molar-refractivity contribution in [2.75, 3.05) is 0 Å². The molecule has 0 radical (unpaired) electrons. The summed E-state index contributed by atoms with van der Waals surface area (Å²) in [4.78, 5) is 11.3. The van der Waals surface area contributed by atoms with Gasteiger partial charge in [0.15, 0.2) is 0 Å². The highest BCUT2D eigenvalue weighted by Gasteiger charge is 2.36. The van der Waals surface area contributed by atoms with Crippen LogP contribution in [0.5, 0.6) is 0 Å². The predicted molar refractivity (Wildman–Crippen MR) is 51.1 cm³/mol. The van der Waals surface area contributed by atoms with Crippen molar-refractivity contribution in [2.45, 2.75) is 0 Å². The van der Waals surface area contributed by atoms with Crippen LogP contribution in [-0.2, 0) is 14.8 Å². The van der Waals surface area contributed by atoms with E-state index in [4.69, 9.17) is 0 Å². The third-order valence-corrected chi connectivity index (χ3v) is 2.50. The van der Waals surface area contributed by atoms with Gasteiger partial charge in [0.1, 0.15) is 0 Å². The number of carbonyl (C=O) groups excluding carboxylic acids is 1. The Kier molecular flexibility index (Phi) is 3.34. The molecular weight excluding hydrogens is 190 g/mol. The van der Waals surface area contributed by atoms with Crippen LogP contribution in [0.2, 0.25) is 0 Å². The molecule has 2 N–H and O–H groups in total. The van der Waals surface area contributed by atoms with Gasteiger partial charge < -0.3 is 0 Å². The van der Waals surface area contributed by atoms with E-state index in [9.17, 15) is 13.2 Å². The van der Waals surface area contributed by atoms with Crippen molar-refractivity contribution in [3.8, 4) is 0 Å². The van der Waals surface area contributed by atoms with Crippen LogP contribution in [0.4, 0.5) is 0 Å². The summed E-state index contributed by atoms with van der Waals surface area (Å²) in [6.45, 7) is 9.98. The van der Waals surface area contributed by atoms with E-state index in [0.717, 1.165) is 18.2 Å². The highest BCUT2D eigenvalue weighted by Crippen LogP contribution is 2.24. The Labute approximate surface area is 77.5 Å². The van der Waals surface area contributed by atoms with E-state index in [2.05, 4.69) is 24.9 Å². The number of hydrogen-bond donors (Lipinski definition) is 1. The molecule has 0 unspecified atom stereocenters. The summed E-state index contributed by atoms with van der Waals surface area (Å²) in [6.07, 6.45) is 3.37. The van der Waals surface area contributed by atoms with Gasteiger partial charge in [-0.25, -0.2) is 13.6 Å². The highest BCUT2D eigenvalue weighted by atomic mass is 32.2. The molecule has 0 spiro atoms. The van der Waals surface area contributed by atoms with Gasteiger partial charge in [-0.15, -0.1) is 19.7 Å². The monoisotopic (exact) mass is 201 g/mol. The lowest BCUT2D eigenvalue weighted by atomic mass is 9.90. The van der Waals surface area contributed by atoms with Crippen molar-refractivity contribution in [1.82, 2.24) is 0 Å². The topological polar surface area (TPSA) is 77.2 Å². The Bertz CT molecular complexity index is 332. The molecule has 0 heterocycles. The van der Waals surface area contributed by atoms with Crippen molar-refractivity contribution in [2.24, 2.45) is 10.6 Å². The summed E-state index contributed by atoms with van der Waals surface area (Å²) in [5.74, 6) is 0. The number of nitrogens with two attached hydrogens (primary N) is 1. The number of hydrogen-bond acceptors (Lipinski definition) is 3. The van der Waals surface area contributed by atoms with Gasteiger partial charge in [-0.2, -0.15) is 0 Å². The van der Waals surface area contributed by atoms with Gasteiger partial charge >= 0.3 is 0 Å². The average Bonchev–Trinajstić information content (AvgIpc) is 2.07. The molecule has 72 valence electrons. The van der Waals surface area contributed by atoms with E-state index in [1.807, 2.05) is 0 Å². The van der Waals surface area contributed by atoms with E-state index in [1.54, 1.807) is 0 Å². The minimum Gasteiger partial charge on any atom is -0.278 e. The Morgan fingerprint density at radius 1 is 1.15 bits per heavy atom. The van der Waals surface area contributed by atoms with E-state index in [-0.39, 0.29) is 0 Å². The van der Waals surface area contributed by atoms with Gasteiger partial charge in [0, 0.05) is 0 Å². The van der Waals surface area contributed by atoms with E-state index in [1.165, 1.54) is 0 Å². The van der Waals surface area contributed by atoms with Crippen molar-refractivity contribution in [3.05, 3.63) is 38.0 Å². The standard InChI is InChI=1S/C8H11NO3S/c1-4-8(5-2,6-3)7(10)13(9,11)12/h4-6H,1-3H2,(H2,9,11,12). The maximum Gasteiger partial charge on any atom is 0.278 e. The maximum absolute atomic E-state index is 11.3. The Balaban J connectivity index is 5.47. The quantitative estimate of drug-likeness (QED) is 0.666. The van der Waals surface area contributed by atoms with Crippen LogP contribution in [-0.4, -0.2) is 13.5 Å². The van der Waals surface area contributed by atoms with E-state index < -0.39 is 20.6 Å². The first-order valence-electron chi connectivity index (χ1n) is 3.32. The molecule has 0 bridgehead atoms. The van der Waals surface area contributed by atoms with Gasteiger partial charge in [-0.3, -0.25) is 4.79 Å². The summed E-state index contributed by atoms with van der Waals surface area (Å²) in [5.41, 5.74) is -1.49. The van der Waals surface area contributed by atoms with Crippen LogP contribution in [0, 0.1) is 5.41 Å². The fourth-order valence-electron chi connectivity index (χ4n) is 0.746. The molecule has 0 saturated heterocycles. The summed E-state index contributed by atoms with van der Waals surface area (Å²) >= 11 is 0. The molecule has 13 heavy (non-hydrogen) atoms. The molecule has 0 aromatic heterocycles. The highest BCUT2D eigenvalue weighted by molar-refractivity contribution is 8.04. The number of allylic oxidation sites excluding steroid dienone is 3. The molecule has 0 aliphatic rings. The molecule has 5 heteroatoms. The van der Waals surface area contributed by atoms with Gasteiger partial charge in [0.05, 0.1) is 5.41 Å². The Morgan fingerprint density at radius 3 is 1.54 bits per heavy atom. The smallest absolute Gasteiger partial charge is 0.278 e. The minimum atomic E-state index is -4.25. The molecule has 0 aliphatic heterocycles. The Hall–Kier alpha value is -1.20. The molecule has 0 saturated carbocycles. The summed E-state index contributed by atoms with van der Waals surface area (Å²) in [5, 5.41) is 3.49. The van der Waals surface area contributed by atoms with Gasteiger partial charge in [0.25, 0.3) is 15.1 Å². The second-order valence-corrected chi connectivity index (χ2v) is 3.84. The third kappa shape index (κ3) is 2.13. The van der Waals surface area contributed by atoms with Crippen molar-refractivity contribution >= 4 is 15.1 Å². The number of primary sulfonamides is 1. The zero-order chi connectivity index (χ0) is 10.7. The largest absolute Gasteiger partial charge is 0.278 e. The van der Waals surface area contributed by atoms with Gasteiger partial charge in [0.2, 0.25) is 0 Å². The first-order valence-corrected chi connectivity index (χ1v) is 4.86. The fraction of sp³-hybridized carbons (Fsp3) is 0.125. The molecule has 4 nitrogen and oxygen atoms in total. The summed E-state index contributed by atoms with van der Waals surface area (Å²) in [6, 6.07) is 0. The zero-order valence-corrected chi connectivity index (χ0v) is 7.88. The SMILES string of the molecule is C=CC(C=C)(C=C)C(=O)S(N)(=O)=O. The van der Waals surface area contributed by atoms with Crippen LogP contribution >= 0.6 is 0 Å². The summed E-state index contributed by atoms with van der Waals surface area (Å²) < 4.78 is 21.5. The fourth-order valence-corrected chi connectivity index (χ4v) is 1.49. The second kappa shape index (κ2) is 3.68. The lowest BCUT2D eigenvalue weighted by Crippen LogP contribution is -2.35. The van der Waals surface area contributed by atoms with Gasteiger partial charge in [-0.05, 0) is 0 Å². The molecule has 0 rings (SSSR count). The number of carbonyl (C=O) groups is 1. The van der Waals surface area contributed by atoms with Crippen LogP contribution in [0.15, 0.2) is 38.0 Å². The second-order valence-electron chi connectivity index (χ2n) is 2.38. The minimum absolute atomic E-state index is 1.12. The summed E-state index contributed by atoms with van der Waals surface area (Å²) in [7, 11) is -4.25. The zero-order valence-electron chi connectivity index (χ0n) is 7.06. The maximum atomic E-state index is 11.3. The van der Waals surface area contributed by atoms with Crippen molar-refractivity contribution in [1.29, 1.82) is 0 Å². The van der Waals surface area contributed by atoms with Crippen LogP contribution in [0.3, 0.4) is 0 Å². The normalized spacial score (nSPS) is 11.8. The Morgan fingerprint density at radius 2 is 1.46 bits per heavy atom. The van der Waals surface area contributed by atoms with Gasteiger partial charge in [-0.1, -0.05) is 18.2 Å². The van der Waals surface area contributed by atoms with Crippen LogP contribution in [0.25, 0.3) is 0 Å². The molecule has 0 fully saturated rings. The van der Waals surface area contributed by atoms with Crippen LogP contribution in [0.1, 0.15) is 0 Å². The van der Waals surface area contributed by atoms with E-state index >= 15 is 0 Å². The lowest BCUT2D eigenvalue weighted by molar-refractivity contribution is -0.115. The first-order chi connectivity index (χ1) is 5.84. The molecule has 0 amide bonds. The number of sulfonamides is 1. The molecule has 0 atom stereocenters.